The highest BCUT2D eigenvalue weighted by Crippen LogP contribution is 2.25. The first-order valence-electron chi connectivity index (χ1n) is 6.09. The summed E-state index contributed by atoms with van der Waals surface area (Å²) in [7, 11) is 0. The van der Waals surface area contributed by atoms with Crippen molar-refractivity contribution < 1.29 is 9.53 Å². The van der Waals surface area contributed by atoms with Crippen molar-refractivity contribution in [3.05, 3.63) is 29.3 Å². The van der Waals surface area contributed by atoms with Crippen LogP contribution in [0, 0.1) is 0 Å². The number of ketones is 1. The second-order valence-corrected chi connectivity index (χ2v) is 5.28. The largest absolute Gasteiger partial charge is 0.494 e. The predicted molar refractivity (Wildman–Crippen MR) is 72.2 cm³/mol. The van der Waals surface area contributed by atoms with Crippen molar-refractivity contribution >= 4 is 17.5 Å². The third kappa shape index (κ3) is 3.25. The van der Waals surface area contributed by atoms with Crippen LogP contribution in [0.15, 0.2) is 18.2 Å². The molecule has 0 N–H and O–H groups in total. The maximum absolute atomic E-state index is 11.7. The molecule has 0 bridgehead atoms. The topological polar surface area (TPSA) is 26.3 Å². The molecule has 2 rings (SSSR count). The van der Waals surface area contributed by atoms with Gasteiger partial charge in [-0.2, -0.15) is 11.8 Å². The van der Waals surface area contributed by atoms with E-state index in [1.165, 1.54) is 0 Å². The summed E-state index contributed by atoms with van der Waals surface area (Å²) in [5, 5.41) is 0. The van der Waals surface area contributed by atoms with E-state index >= 15 is 0 Å². The summed E-state index contributed by atoms with van der Waals surface area (Å²) < 4.78 is 5.68. The fourth-order valence-electron chi connectivity index (χ4n) is 2.11. The van der Waals surface area contributed by atoms with Crippen molar-refractivity contribution in [2.75, 3.05) is 18.6 Å². The molecule has 0 unspecified atom stereocenters. The van der Waals surface area contributed by atoms with Crippen LogP contribution in [0.2, 0.25) is 0 Å². The molecule has 0 aromatic heterocycles. The molecule has 0 saturated carbocycles. The van der Waals surface area contributed by atoms with Crippen molar-refractivity contribution in [3.63, 3.8) is 0 Å². The number of Topliss-reactive ketones (excluding diaryl/α,β-unsaturated/α-hetero) is 1. The van der Waals surface area contributed by atoms with Crippen LogP contribution in [0.1, 0.15) is 35.2 Å². The smallest absolute Gasteiger partial charge is 0.163 e. The van der Waals surface area contributed by atoms with E-state index in [2.05, 4.69) is 6.26 Å². The molecule has 92 valence electrons. The summed E-state index contributed by atoms with van der Waals surface area (Å²) in [6, 6.07) is 5.87. The molecule has 1 aromatic rings. The van der Waals surface area contributed by atoms with E-state index in [1.807, 2.05) is 30.0 Å². The lowest BCUT2D eigenvalue weighted by atomic mass is 9.91. The van der Waals surface area contributed by atoms with Crippen LogP contribution >= 0.6 is 11.8 Å². The predicted octanol–water partition coefficient (Wildman–Crippen LogP) is 3.34. The summed E-state index contributed by atoms with van der Waals surface area (Å²) in [5.41, 5.74) is 2.05. The fourth-order valence-corrected chi connectivity index (χ4v) is 2.51. The SMILES string of the molecule is CSCCCOc1ccc2c(c1)CCCC2=O. The second kappa shape index (κ2) is 6.10. The standard InChI is InChI=1S/C14H18O2S/c1-17-9-3-8-16-12-6-7-13-11(10-12)4-2-5-14(13)15/h6-7,10H,2-5,8-9H2,1H3. The van der Waals surface area contributed by atoms with Gasteiger partial charge in [-0.05, 0) is 55.0 Å². The Bertz CT molecular complexity index is 401. The number of carbonyl (C=O) groups excluding carboxylic acids is 1. The lowest BCUT2D eigenvalue weighted by molar-refractivity contribution is 0.0972. The zero-order valence-electron chi connectivity index (χ0n) is 10.2. The van der Waals surface area contributed by atoms with Gasteiger partial charge in [0.1, 0.15) is 5.75 Å². The van der Waals surface area contributed by atoms with Gasteiger partial charge in [0.25, 0.3) is 0 Å². The molecule has 0 spiro atoms. The number of aryl methyl sites for hydroxylation is 1. The normalized spacial score (nSPS) is 14.5. The minimum Gasteiger partial charge on any atom is -0.494 e. The highest BCUT2D eigenvalue weighted by molar-refractivity contribution is 7.98. The third-order valence-corrected chi connectivity index (χ3v) is 3.69. The first kappa shape index (κ1) is 12.5. The zero-order chi connectivity index (χ0) is 12.1. The van der Waals surface area contributed by atoms with Crippen LogP contribution in [0.25, 0.3) is 0 Å². The number of benzene rings is 1. The summed E-state index contributed by atoms with van der Waals surface area (Å²) in [5.74, 6) is 2.31. The van der Waals surface area contributed by atoms with Crippen molar-refractivity contribution in [1.82, 2.24) is 0 Å². The van der Waals surface area contributed by atoms with Gasteiger partial charge in [-0.15, -0.1) is 0 Å². The van der Waals surface area contributed by atoms with Gasteiger partial charge < -0.3 is 4.74 Å². The number of fused-ring (bicyclic) bond motifs is 1. The summed E-state index contributed by atoms with van der Waals surface area (Å²) in [6.07, 6.45) is 5.84. The van der Waals surface area contributed by atoms with Gasteiger partial charge >= 0.3 is 0 Å². The van der Waals surface area contributed by atoms with Gasteiger partial charge in [0.2, 0.25) is 0 Å². The van der Waals surface area contributed by atoms with Crippen LogP contribution in [0.4, 0.5) is 0 Å². The number of carbonyl (C=O) groups is 1. The number of hydrogen-bond acceptors (Lipinski definition) is 3. The first-order chi connectivity index (χ1) is 8.31. The fraction of sp³-hybridized carbons (Fsp3) is 0.500. The molecular formula is C14H18O2S. The number of thioether (sulfide) groups is 1. The Kier molecular flexibility index (Phi) is 4.49. The molecule has 0 radical (unpaired) electrons. The Morgan fingerprint density at radius 2 is 2.24 bits per heavy atom. The molecule has 0 heterocycles. The molecular weight excluding hydrogens is 232 g/mol. The van der Waals surface area contributed by atoms with Gasteiger partial charge in [0, 0.05) is 12.0 Å². The zero-order valence-corrected chi connectivity index (χ0v) is 11.0. The monoisotopic (exact) mass is 250 g/mol. The van der Waals surface area contributed by atoms with E-state index in [0.717, 1.165) is 48.5 Å². The molecule has 1 aromatic carbocycles. The van der Waals surface area contributed by atoms with Crippen molar-refractivity contribution in [1.29, 1.82) is 0 Å². The van der Waals surface area contributed by atoms with Gasteiger partial charge in [-0.25, -0.2) is 0 Å². The second-order valence-electron chi connectivity index (χ2n) is 4.29. The summed E-state index contributed by atoms with van der Waals surface area (Å²) in [6.45, 7) is 0.758. The van der Waals surface area contributed by atoms with E-state index in [-0.39, 0.29) is 5.78 Å². The number of rotatable bonds is 5. The third-order valence-electron chi connectivity index (χ3n) is 2.99. The van der Waals surface area contributed by atoms with Crippen molar-refractivity contribution in [2.24, 2.45) is 0 Å². The molecule has 0 amide bonds. The van der Waals surface area contributed by atoms with Gasteiger partial charge in [-0.3, -0.25) is 4.79 Å². The molecule has 2 nitrogen and oxygen atoms in total. The molecule has 0 aliphatic heterocycles. The molecule has 0 saturated heterocycles. The van der Waals surface area contributed by atoms with Crippen molar-refractivity contribution in [2.45, 2.75) is 25.7 Å². The summed E-state index contributed by atoms with van der Waals surface area (Å²) in [4.78, 5) is 11.7. The van der Waals surface area contributed by atoms with E-state index in [9.17, 15) is 4.79 Å². The van der Waals surface area contributed by atoms with Gasteiger partial charge in [-0.1, -0.05) is 0 Å². The maximum atomic E-state index is 11.7. The number of ether oxygens (including phenoxy) is 1. The Hall–Kier alpha value is -0.960. The van der Waals surface area contributed by atoms with Crippen LogP contribution in [-0.4, -0.2) is 24.4 Å². The van der Waals surface area contributed by atoms with Crippen LogP contribution in [-0.2, 0) is 6.42 Å². The Labute approximate surface area is 107 Å². The molecule has 1 aliphatic carbocycles. The van der Waals surface area contributed by atoms with E-state index in [0.29, 0.717) is 6.42 Å². The Morgan fingerprint density at radius 3 is 3.06 bits per heavy atom. The minimum atomic E-state index is 0.278. The van der Waals surface area contributed by atoms with E-state index in [1.54, 1.807) is 0 Å². The average Bonchev–Trinajstić information content (AvgIpc) is 2.35. The average molecular weight is 250 g/mol. The van der Waals surface area contributed by atoms with E-state index < -0.39 is 0 Å². The van der Waals surface area contributed by atoms with Crippen molar-refractivity contribution in [3.8, 4) is 5.75 Å². The van der Waals surface area contributed by atoms with Gasteiger partial charge in [0.05, 0.1) is 6.61 Å². The number of hydrogen-bond donors (Lipinski definition) is 0. The molecule has 0 atom stereocenters. The highest BCUT2D eigenvalue weighted by atomic mass is 32.2. The Morgan fingerprint density at radius 1 is 1.35 bits per heavy atom. The quantitative estimate of drug-likeness (QED) is 0.750. The minimum absolute atomic E-state index is 0.278. The van der Waals surface area contributed by atoms with E-state index in [4.69, 9.17) is 4.74 Å². The lowest BCUT2D eigenvalue weighted by Crippen LogP contribution is -2.11. The first-order valence-corrected chi connectivity index (χ1v) is 7.48. The molecule has 1 aliphatic rings. The molecule has 3 heteroatoms. The van der Waals surface area contributed by atoms with Crippen LogP contribution in [0.5, 0.6) is 5.75 Å². The van der Waals surface area contributed by atoms with Crippen LogP contribution in [0.3, 0.4) is 0 Å². The highest BCUT2D eigenvalue weighted by Gasteiger charge is 2.17. The van der Waals surface area contributed by atoms with Gasteiger partial charge in [0.15, 0.2) is 5.78 Å². The maximum Gasteiger partial charge on any atom is 0.163 e. The lowest BCUT2D eigenvalue weighted by Gasteiger charge is -2.15. The Balaban J connectivity index is 1.98. The molecule has 17 heavy (non-hydrogen) atoms. The molecule has 0 fully saturated rings. The summed E-state index contributed by atoms with van der Waals surface area (Å²) >= 11 is 1.84. The van der Waals surface area contributed by atoms with Crippen LogP contribution < -0.4 is 4.74 Å².